The van der Waals surface area contributed by atoms with Gasteiger partial charge >= 0.3 is 0 Å². The summed E-state index contributed by atoms with van der Waals surface area (Å²) in [5.74, 6) is 0.862. The maximum atomic E-state index is 12.1. The quantitative estimate of drug-likeness (QED) is 0.886. The molecular formula is C13H17N5O2. The van der Waals surface area contributed by atoms with Crippen LogP contribution in [-0.2, 0) is 4.74 Å². The van der Waals surface area contributed by atoms with Gasteiger partial charge in [0.25, 0.3) is 11.7 Å². The van der Waals surface area contributed by atoms with Crippen LogP contribution < -0.4 is 5.32 Å². The number of carbonyl (C=O) groups is 1. The van der Waals surface area contributed by atoms with Crippen molar-refractivity contribution in [2.75, 3.05) is 19.8 Å². The minimum Gasteiger partial charge on any atom is -0.381 e. The van der Waals surface area contributed by atoms with Gasteiger partial charge in [0.05, 0.1) is 6.61 Å². The summed E-state index contributed by atoms with van der Waals surface area (Å²) >= 11 is 0. The average molecular weight is 275 g/mol. The van der Waals surface area contributed by atoms with E-state index < -0.39 is 0 Å². The van der Waals surface area contributed by atoms with Crippen molar-refractivity contribution >= 4 is 11.7 Å². The number of nitrogens with zero attached hydrogens (tertiary/aromatic N) is 4. The summed E-state index contributed by atoms with van der Waals surface area (Å²) in [6, 6.07) is 1.82. The Morgan fingerprint density at radius 1 is 1.55 bits per heavy atom. The lowest BCUT2D eigenvalue weighted by atomic mass is 10.0. The second-order valence-electron chi connectivity index (χ2n) is 5.06. The molecule has 0 unspecified atom stereocenters. The zero-order valence-electron chi connectivity index (χ0n) is 11.4. The fraction of sp³-hybridized carbons (Fsp3) is 0.538. The molecule has 1 atom stereocenters. The molecular weight excluding hydrogens is 258 g/mol. The number of rotatable bonds is 3. The van der Waals surface area contributed by atoms with Crippen molar-refractivity contribution in [3.05, 3.63) is 23.8 Å². The van der Waals surface area contributed by atoms with E-state index in [1.54, 1.807) is 10.6 Å². The Labute approximate surface area is 116 Å². The van der Waals surface area contributed by atoms with Gasteiger partial charge < -0.3 is 10.1 Å². The van der Waals surface area contributed by atoms with E-state index in [1.807, 2.05) is 13.0 Å². The van der Waals surface area contributed by atoms with Crippen LogP contribution in [0.5, 0.6) is 0 Å². The minimum atomic E-state index is -0.228. The van der Waals surface area contributed by atoms with Crippen molar-refractivity contribution in [1.29, 1.82) is 0 Å². The molecule has 1 aliphatic rings. The summed E-state index contributed by atoms with van der Waals surface area (Å²) in [6.07, 6.45) is 3.90. The number of aromatic nitrogens is 4. The summed E-state index contributed by atoms with van der Waals surface area (Å²) in [5.41, 5.74) is 0.844. The van der Waals surface area contributed by atoms with E-state index in [9.17, 15) is 4.79 Å². The van der Waals surface area contributed by atoms with Crippen LogP contribution in [0.25, 0.3) is 5.78 Å². The van der Waals surface area contributed by atoms with Crippen LogP contribution >= 0.6 is 0 Å². The first-order valence-corrected chi connectivity index (χ1v) is 6.78. The third-order valence-electron chi connectivity index (χ3n) is 3.43. The van der Waals surface area contributed by atoms with Gasteiger partial charge in [-0.15, -0.1) is 10.2 Å². The molecule has 0 bridgehead atoms. The Bertz CT molecular complexity index is 618. The van der Waals surface area contributed by atoms with Crippen LogP contribution in [0.4, 0.5) is 0 Å². The molecule has 1 N–H and O–H groups in total. The van der Waals surface area contributed by atoms with Crippen molar-refractivity contribution in [1.82, 2.24) is 24.9 Å². The zero-order chi connectivity index (χ0) is 13.9. The monoisotopic (exact) mass is 275 g/mol. The Morgan fingerprint density at radius 2 is 2.45 bits per heavy atom. The van der Waals surface area contributed by atoms with Crippen molar-refractivity contribution < 1.29 is 9.53 Å². The number of hydrogen-bond donors (Lipinski definition) is 1. The largest absolute Gasteiger partial charge is 0.381 e. The summed E-state index contributed by atoms with van der Waals surface area (Å²) < 4.78 is 6.99. The number of amides is 1. The first-order chi connectivity index (χ1) is 9.74. The first-order valence-electron chi connectivity index (χ1n) is 6.78. The fourth-order valence-electron chi connectivity index (χ4n) is 2.31. The smallest absolute Gasteiger partial charge is 0.289 e. The van der Waals surface area contributed by atoms with Gasteiger partial charge in [-0.3, -0.25) is 9.20 Å². The normalized spacial score (nSPS) is 19.1. The van der Waals surface area contributed by atoms with Gasteiger partial charge in [0, 0.05) is 25.0 Å². The molecule has 7 heteroatoms. The summed E-state index contributed by atoms with van der Waals surface area (Å²) in [4.78, 5) is 16.4. The van der Waals surface area contributed by atoms with E-state index >= 15 is 0 Å². The Balaban J connectivity index is 1.69. The first kappa shape index (κ1) is 13.0. The predicted molar refractivity (Wildman–Crippen MR) is 71.4 cm³/mol. The molecule has 0 spiro atoms. The van der Waals surface area contributed by atoms with Crippen LogP contribution in [0.1, 0.15) is 29.2 Å². The fourth-order valence-corrected chi connectivity index (χ4v) is 2.31. The van der Waals surface area contributed by atoms with Crippen LogP contribution in [0, 0.1) is 12.8 Å². The molecule has 2 aromatic heterocycles. The van der Waals surface area contributed by atoms with Gasteiger partial charge in [-0.1, -0.05) is 0 Å². The maximum absolute atomic E-state index is 12.1. The van der Waals surface area contributed by atoms with Gasteiger partial charge in [-0.05, 0) is 31.7 Å². The molecule has 3 rings (SSSR count). The molecule has 1 aliphatic heterocycles. The molecule has 106 valence electrons. The van der Waals surface area contributed by atoms with Crippen LogP contribution in [0.15, 0.2) is 12.3 Å². The van der Waals surface area contributed by atoms with Gasteiger partial charge in [-0.2, -0.15) is 0 Å². The molecule has 0 radical (unpaired) electrons. The molecule has 0 saturated carbocycles. The van der Waals surface area contributed by atoms with E-state index in [0.29, 0.717) is 24.8 Å². The van der Waals surface area contributed by atoms with Crippen molar-refractivity contribution in [2.45, 2.75) is 19.8 Å². The Kier molecular flexibility index (Phi) is 3.60. The summed E-state index contributed by atoms with van der Waals surface area (Å²) in [5, 5.41) is 10.7. The van der Waals surface area contributed by atoms with Crippen molar-refractivity contribution in [2.24, 2.45) is 5.92 Å². The molecule has 0 aliphatic carbocycles. The Hall–Kier alpha value is -2.02. The topological polar surface area (TPSA) is 81.4 Å². The summed E-state index contributed by atoms with van der Waals surface area (Å²) in [7, 11) is 0. The highest BCUT2D eigenvalue weighted by Crippen LogP contribution is 2.12. The number of fused-ring (bicyclic) bond motifs is 1. The maximum Gasteiger partial charge on any atom is 0.289 e. The number of aryl methyl sites for hydroxylation is 1. The number of carbonyl (C=O) groups excluding carboxylic acids is 1. The van der Waals surface area contributed by atoms with Gasteiger partial charge in [0.1, 0.15) is 0 Å². The minimum absolute atomic E-state index is 0.228. The lowest BCUT2D eigenvalue weighted by Crippen LogP contribution is -2.34. The average Bonchev–Trinajstić information content (AvgIpc) is 2.89. The number of ether oxygens (including phenoxy) is 1. The second kappa shape index (κ2) is 5.54. The molecule has 1 amide bonds. The molecule has 0 aromatic carbocycles. The standard InChI is InChI=1S/C13H17N5O2/c1-9-4-5-18-11(16-17-13(18)15-9)12(19)14-7-10-3-2-6-20-8-10/h4-5,10H,2-3,6-8H2,1H3,(H,14,19)/t10-/m0/s1. The molecule has 2 aromatic rings. The molecule has 1 fully saturated rings. The van der Waals surface area contributed by atoms with E-state index in [2.05, 4.69) is 20.5 Å². The van der Waals surface area contributed by atoms with Gasteiger partial charge in [0.15, 0.2) is 0 Å². The van der Waals surface area contributed by atoms with Gasteiger partial charge in [-0.25, -0.2) is 4.98 Å². The zero-order valence-corrected chi connectivity index (χ0v) is 11.4. The van der Waals surface area contributed by atoms with E-state index in [0.717, 1.165) is 25.1 Å². The van der Waals surface area contributed by atoms with Gasteiger partial charge in [0.2, 0.25) is 5.82 Å². The lowest BCUT2D eigenvalue weighted by Gasteiger charge is -2.21. The number of hydrogen-bond acceptors (Lipinski definition) is 5. The highest BCUT2D eigenvalue weighted by Gasteiger charge is 2.18. The van der Waals surface area contributed by atoms with Crippen LogP contribution in [-0.4, -0.2) is 45.2 Å². The van der Waals surface area contributed by atoms with Crippen LogP contribution in [0.2, 0.25) is 0 Å². The van der Waals surface area contributed by atoms with Crippen molar-refractivity contribution in [3.8, 4) is 0 Å². The highest BCUT2D eigenvalue weighted by molar-refractivity contribution is 5.91. The van der Waals surface area contributed by atoms with E-state index in [-0.39, 0.29) is 11.7 Å². The number of nitrogens with one attached hydrogen (secondary N) is 1. The van der Waals surface area contributed by atoms with Crippen molar-refractivity contribution in [3.63, 3.8) is 0 Å². The predicted octanol–water partition coefficient (Wildman–Crippen LogP) is 0.589. The van der Waals surface area contributed by atoms with E-state index in [4.69, 9.17) is 4.74 Å². The molecule has 1 saturated heterocycles. The molecule has 7 nitrogen and oxygen atoms in total. The third kappa shape index (κ3) is 2.62. The molecule has 20 heavy (non-hydrogen) atoms. The highest BCUT2D eigenvalue weighted by atomic mass is 16.5. The molecule has 3 heterocycles. The van der Waals surface area contributed by atoms with Crippen LogP contribution in [0.3, 0.4) is 0 Å². The third-order valence-corrected chi connectivity index (χ3v) is 3.43. The Morgan fingerprint density at radius 3 is 3.25 bits per heavy atom. The SMILES string of the molecule is Cc1ccn2c(C(=O)NC[C@@H]3CCCOC3)nnc2n1. The van der Waals surface area contributed by atoms with E-state index in [1.165, 1.54) is 0 Å². The second-order valence-corrected chi connectivity index (χ2v) is 5.06. The lowest BCUT2D eigenvalue weighted by molar-refractivity contribution is 0.0535. The summed E-state index contributed by atoms with van der Waals surface area (Å²) in [6.45, 7) is 4.01.